The molecule has 0 aliphatic heterocycles. The number of benzene rings is 1. The molecule has 1 aromatic heterocycles. The van der Waals surface area contributed by atoms with Crippen molar-refractivity contribution in [1.29, 1.82) is 0 Å². The molecule has 1 heterocycles. The van der Waals surface area contributed by atoms with E-state index >= 15 is 0 Å². The number of aryl methyl sites for hydroxylation is 1. The first kappa shape index (κ1) is 8.71. The predicted molar refractivity (Wildman–Crippen MR) is 78.1 cm³/mol. The Kier molecular flexibility index (Phi) is 1.99. The first-order valence-electron chi connectivity index (χ1n) is 9.00. The standard InChI is InChI=1S/C15H15N3O3/c1-8-17-11-4-2-3-10(16)14(11)15(21)18(8)12-6-5-9(19)7-13(12)20/h2-4,12H,5-7,16H2,1H3/i1D2,3D,4D,5D. The predicted octanol–water partition coefficient (Wildman–Crippen LogP) is 1.15. The molecule has 3 rings (SSSR count). The molecule has 108 valence electrons. The van der Waals surface area contributed by atoms with Crippen LogP contribution < -0.4 is 11.3 Å². The average molecular weight is 290 g/mol. The van der Waals surface area contributed by atoms with Gasteiger partial charge in [0.05, 0.1) is 26.1 Å². The normalized spacial score (nSPS) is 26.2. The Labute approximate surface area is 127 Å². The molecule has 1 fully saturated rings. The fraction of sp³-hybridized carbons (Fsp3) is 0.333. The molecular formula is C15H15N3O3. The molecule has 2 unspecified atom stereocenters. The lowest BCUT2D eigenvalue weighted by molar-refractivity contribution is -0.132. The van der Waals surface area contributed by atoms with Crippen LogP contribution in [0.2, 0.25) is 0 Å². The number of aromatic nitrogens is 2. The molecule has 6 nitrogen and oxygen atoms in total. The van der Waals surface area contributed by atoms with Crippen LogP contribution in [0, 0.1) is 6.88 Å². The monoisotopic (exact) mass is 290 g/mol. The minimum absolute atomic E-state index is 0.152. The van der Waals surface area contributed by atoms with Crippen LogP contribution in [0.25, 0.3) is 10.9 Å². The van der Waals surface area contributed by atoms with Crippen molar-refractivity contribution >= 4 is 28.2 Å². The van der Waals surface area contributed by atoms with E-state index in [-0.39, 0.29) is 40.9 Å². The summed E-state index contributed by atoms with van der Waals surface area (Å²) in [5.41, 5.74) is 4.58. The van der Waals surface area contributed by atoms with Gasteiger partial charge in [0.1, 0.15) is 11.6 Å². The number of nitrogens with zero attached hydrogens (tertiary/aromatic N) is 2. The van der Waals surface area contributed by atoms with Crippen LogP contribution in [0.1, 0.15) is 38.0 Å². The van der Waals surface area contributed by atoms with Gasteiger partial charge in [0, 0.05) is 16.2 Å². The summed E-state index contributed by atoms with van der Waals surface area (Å²) in [6.45, 7) is -1.74. The highest BCUT2D eigenvalue weighted by Gasteiger charge is 2.30. The maximum absolute atomic E-state index is 13.0. The lowest BCUT2D eigenvalue weighted by atomic mass is 9.92. The van der Waals surface area contributed by atoms with Crippen molar-refractivity contribution < 1.29 is 16.4 Å². The Morgan fingerprint density at radius 3 is 3.05 bits per heavy atom. The van der Waals surface area contributed by atoms with Crippen molar-refractivity contribution in [3.05, 3.63) is 34.3 Å². The Morgan fingerprint density at radius 1 is 1.48 bits per heavy atom. The first-order valence-corrected chi connectivity index (χ1v) is 6.27. The second kappa shape index (κ2) is 4.80. The molecule has 0 radical (unpaired) electrons. The summed E-state index contributed by atoms with van der Waals surface area (Å²) in [7, 11) is 0. The largest absolute Gasteiger partial charge is 0.398 e. The Hall–Kier alpha value is -2.50. The van der Waals surface area contributed by atoms with E-state index in [2.05, 4.69) is 4.98 Å². The van der Waals surface area contributed by atoms with Crippen LogP contribution in [-0.4, -0.2) is 21.1 Å². The van der Waals surface area contributed by atoms with Crippen molar-refractivity contribution in [3.63, 3.8) is 0 Å². The fourth-order valence-electron chi connectivity index (χ4n) is 2.44. The number of nitrogen functional groups attached to an aromatic ring is 1. The van der Waals surface area contributed by atoms with Crippen molar-refractivity contribution in [3.8, 4) is 0 Å². The number of nitrogens with two attached hydrogens (primary N) is 1. The van der Waals surface area contributed by atoms with Crippen LogP contribution in [0.15, 0.2) is 22.9 Å². The molecule has 6 heteroatoms. The lowest BCUT2D eigenvalue weighted by Crippen LogP contribution is -2.36. The number of hydrogen-bond donors (Lipinski definition) is 1. The SMILES string of the molecule is [2H]c1cc([2H])c2nc(C([2H])[2H])n(C3CC([2H])C(=O)CC3=O)c(=O)c2c1N. The minimum Gasteiger partial charge on any atom is -0.398 e. The number of anilines is 1. The smallest absolute Gasteiger partial charge is 0.264 e. The second-order valence-corrected chi connectivity index (χ2v) is 4.78. The van der Waals surface area contributed by atoms with Gasteiger partial charge in [-0.2, -0.15) is 0 Å². The maximum atomic E-state index is 13.0. The van der Waals surface area contributed by atoms with Crippen LogP contribution in [0.5, 0.6) is 0 Å². The third-order valence-electron chi connectivity index (χ3n) is 3.45. The van der Waals surface area contributed by atoms with Gasteiger partial charge in [-0.15, -0.1) is 0 Å². The molecule has 2 aromatic rings. The number of Topliss-reactive ketones (excluding diaryl/α,β-unsaturated/α-hetero) is 2. The molecule has 2 atom stereocenters. The van der Waals surface area contributed by atoms with Gasteiger partial charge in [0.2, 0.25) is 0 Å². The molecular weight excluding hydrogens is 270 g/mol. The highest BCUT2D eigenvalue weighted by atomic mass is 16.2. The summed E-state index contributed by atoms with van der Waals surface area (Å²) in [4.78, 5) is 41.0. The van der Waals surface area contributed by atoms with Gasteiger partial charge in [-0.25, -0.2) is 4.98 Å². The Bertz CT molecular complexity index is 1000. The zero-order chi connectivity index (χ0) is 19.3. The summed E-state index contributed by atoms with van der Waals surface area (Å²) in [6, 6.07) is -0.618. The Balaban J connectivity index is 2.37. The number of carbonyl (C=O) groups is 2. The van der Waals surface area contributed by atoms with E-state index in [0.29, 0.717) is 0 Å². The van der Waals surface area contributed by atoms with Gasteiger partial charge in [0.15, 0.2) is 5.78 Å². The molecule has 0 bridgehead atoms. The molecule has 1 aromatic carbocycles. The highest BCUT2D eigenvalue weighted by molar-refractivity contribution is 6.03. The van der Waals surface area contributed by atoms with Gasteiger partial charge < -0.3 is 5.73 Å². The number of rotatable bonds is 1. The van der Waals surface area contributed by atoms with Crippen LogP contribution in [-0.2, 0) is 9.59 Å². The third-order valence-corrected chi connectivity index (χ3v) is 3.45. The van der Waals surface area contributed by atoms with E-state index in [4.69, 9.17) is 12.6 Å². The summed E-state index contributed by atoms with van der Waals surface area (Å²) < 4.78 is 39.6. The zero-order valence-electron chi connectivity index (χ0n) is 15.9. The van der Waals surface area contributed by atoms with Gasteiger partial charge in [0.25, 0.3) is 5.56 Å². The highest BCUT2D eigenvalue weighted by Crippen LogP contribution is 2.24. The molecule has 1 saturated carbocycles. The first-order chi connectivity index (χ1) is 12.1. The molecule has 1 aliphatic rings. The van der Waals surface area contributed by atoms with Crippen molar-refractivity contribution in [1.82, 2.24) is 9.55 Å². The number of fused-ring (bicyclic) bond motifs is 1. The maximum Gasteiger partial charge on any atom is 0.264 e. The van der Waals surface area contributed by atoms with Crippen LogP contribution >= 0.6 is 0 Å². The molecule has 2 N–H and O–H groups in total. The lowest BCUT2D eigenvalue weighted by Gasteiger charge is -2.24. The van der Waals surface area contributed by atoms with Gasteiger partial charge in [-0.05, 0) is 25.4 Å². The van der Waals surface area contributed by atoms with Gasteiger partial charge in [-0.1, -0.05) is 6.07 Å². The average Bonchev–Trinajstić information content (AvgIpc) is 2.55. The number of hydrogen-bond acceptors (Lipinski definition) is 5. The Morgan fingerprint density at radius 2 is 2.29 bits per heavy atom. The molecule has 0 spiro atoms. The summed E-state index contributed by atoms with van der Waals surface area (Å²) in [5.74, 6) is -1.52. The molecule has 0 amide bonds. The number of ketones is 2. The molecule has 21 heavy (non-hydrogen) atoms. The van der Waals surface area contributed by atoms with Gasteiger partial charge >= 0.3 is 0 Å². The third kappa shape index (κ3) is 2.12. The van der Waals surface area contributed by atoms with Gasteiger partial charge in [-0.3, -0.25) is 19.0 Å². The van der Waals surface area contributed by atoms with Crippen LogP contribution in [0.3, 0.4) is 0 Å². The topological polar surface area (TPSA) is 95.0 Å². The van der Waals surface area contributed by atoms with Crippen LogP contribution in [0.4, 0.5) is 5.69 Å². The quantitative estimate of drug-likeness (QED) is 0.628. The molecule has 1 aliphatic carbocycles. The molecule has 0 saturated heterocycles. The fourth-order valence-corrected chi connectivity index (χ4v) is 2.44. The number of carbonyl (C=O) groups excluding carboxylic acids is 2. The van der Waals surface area contributed by atoms with E-state index in [9.17, 15) is 14.4 Å². The van der Waals surface area contributed by atoms with E-state index < -0.39 is 42.9 Å². The second-order valence-electron chi connectivity index (χ2n) is 4.78. The van der Waals surface area contributed by atoms with E-state index in [0.717, 1.165) is 10.6 Å². The summed E-state index contributed by atoms with van der Waals surface area (Å²) in [6.07, 6.45) is -1.98. The van der Waals surface area contributed by atoms with E-state index in [1.54, 1.807) is 0 Å². The summed E-state index contributed by atoms with van der Waals surface area (Å²) >= 11 is 0. The minimum atomic E-state index is -1.74. The van der Waals surface area contributed by atoms with Crippen molar-refractivity contribution in [2.45, 2.75) is 32.2 Å². The van der Waals surface area contributed by atoms with E-state index in [1.807, 2.05) is 0 Å². The van der Waals surface area contributed by atoms with Crippen molar-refractivity contribution in [2.75, 3.05) is 5.73 Å². The zero-order valence-corrected chi connectivity index (χ0v) is 10.9. The van der Waals surface area contributed by atoms with Crippen molar-refractivity contribution in [2.24, 2.45) is 0 Å². The van der Waals surface area contributed by atoms with E-state index in [1.165, 1.54) is 0 Å². The summed E-state index contributed by atoms with van der Waals surface area (Å²) in [5, 5.41) is -0.238.